The molecule has 0 radical (unpaired) electrons. The van der Waals surface area contributed by atoms with Crippen LogP contribution in [0.1, 0.15) is 36.3 Å². The summed E-state index contributed by atoms with van der Waals surface area (Å²) < 4.78 is 1.89. The van der Waals surface area contributed by atoms with Crippen LogP contribution in [0, 0.1) is 19.8 Å². The van der Waals surface area contributed by atoms with Gasteiger partial charge < -0.3 is 10.2 Å². The zero-order valence-electron chi connectivity index (χ0n) is 18.5. The first-order chi connectivity index (χ1) is 15.5. The molecule has 0 saturated carbocycles. The molecule has 1 aromatic carbocycles. The predicted octanol–water partition coefficient (Wildman–Crippen LogP) is 3.09. The fourth-order valence-corrected chi connectivity index (χ4v) is 4.06. The molecule has 0 bridgehead atoms. The number of nitrogens with zero attached hydrogens (tertiary/aromatic N) is 5. The molecule has 1 saturated heterocycles. The Morgan fingerprint density at radius 2 is 1.84 bits per heavy atom. The number of piperidine rings is 1. The summed E-state index contributed by atoms with van der Waals surface area (Å²) in [6.07, 6.45) is 7.29. The van der Waals surface area contributed by atoms with Crippen molar-refractivity contribution >= 4 is 17.5 Å². The Morgan fingerprint density at radius 3 is 2.47 bits per heavy atom. The molecule has 2 aromatic heterocycles. The minimum atomic E-state index is -0.0882. The number of carbonyl (C=O) groups is 2. The first-order valence-electron chi connectivity index (χ1n) is 11.0. The molecule has 1 N–H and O–H groups in total. The molecule has 1 fully saturated rings. The number of aryl methyl sites for hydroxylation is 3. The number of carbonyl (C=O) groups excluding carboxylic acids is 2. The van der Waals surface area contributed by atoms with Gasteiger partial charge in [0.05, 0.1) is 17.1 Å². The van der Waals surface area contributed by atoms with Crippen LogP contribution in [0.5, 0.6) is 0 Å². The van der Waals surface area contributed by atoms with Crippen LogP contribution in [0.25, 0.3) is 5.69 Å². The van der Waals surface area contributed by atoms with Crippen LogP contribution in [0.2, 0.25) is 0 Å². The number of anilines is 1. The van der Waals surface area contributed by atoms with Gasteiger partial charge in [-0.1, -0.05) is 0 Å². The lowest BCUT2D eigenvalue weighted by Crippen LogP contribution is -2.41. The quantitative estimate of drug-likeness (QED) is 0.646. The number of likely N-dealkylation sites (tertiary alicyclic amines) is 1. The molecule has 2 amide bonds. The SMILES string of the molecule is Cc1cc(C)n(-c2ccc(NC(=O)C3CCN(C(=O)CCc4cnccn4)CC3)cc2)n1. The van der Waals surface area contributed by atoms with Gasteiger partial charge in [-0.3, -0.25) is 19.6 Å². The molecular formula is C24H28N6O2. The molecule has 0 unspecified atom stereocenters. The van der Waals surface area contributed by atoms with Gasteiger partial charge in [-0.25, -0.2) is 4.68 Å². The van der Waals surface area contributed by atoms with Crippen molar-refractivity contribution < 1.29 is 9.59 Å². The number of rotatable bonds is 6. The fourth-order valence-electron chi connectivity index (χ4n) is 4.06. The van der Waals surface area contributed by atoms with E-state index < -0.39 is 0 Å². The zero-order valence-corrected chi connectivity index (χ0v) is 18.5. The number of aromatic nitrogens is 4. The Bertz CT molecular complexity index is 1070. The average Bonchev–Trinajstić information content (AvgIpc) is 3.16. The van der Waals surface area contributed by atoms with E-state index in [0.29, 0.717) is 38.8 Å². The van der Waals surface area contributed by atoms with Crippen molar-refractivity contribution in [3.63, 3.8) is 0 Å². The third kappa shape index (κ3) is 5.19. The maximum Gasteiger partial charge on any atom is 0.227 e. The third-order valence-electron chi connectivity index (χ3n) is 5.82. The van der Waals surface area contributed by atoms with E-state index in [2.05, 4.69) is 20.4 Å². The van der Waals surface area contributed by atoms with Crippen LogP contribution in [-0.4, -0.2) is 49.6 Å². The van der Waals surface area contributed by atoms with E-state index in [4.69, 9.17) is 0 Å². The molecule has 166 valence electrons. The highest BCUT2D eigenvalue weighted by Crippen LogP contribution is 2.21. The normalized spacial score (nSPS) is 14.4. The summed E-state index contributed by atoms with van der Waals surface area (Å²) in [5, 5.41) is 7.50. The fraction of sp³-hybridized carbons (Fsp3) is 0.375. The van der Waals surface area contributed by atoms with E-state index in [1.165, 1.54) is 0 Å². The lowest BCUT2D eigenvalue weighted by Gasteiger charge is -2.31. The second kappa shape index (κ2) is 9.72. The molecule has 1 aliphatic rings. The number of hydrogen-bond donors (Lipinski definition) is 1. The number of hydrogen-bond acceptors (Lipinski definition) is 5. The summed E-state index contributed by atoms with van der Waals surface area (Å²) in [7, 11) is 0. The molecule has 1 aliphatic heterocycles. The zero-order chi connectivity index (χ0) is 22.5. The highest BCUT2D eigenvalue weighted by Gasteiger charge is 2.27. The van der Waals surface area contributed by atoms with Crippen LogP contribution in [0.4, 0.5) is 5.69 Å². The standard InChI is InChI=1S/C24H28N6O2/c1-17-15-18(2)30(28-17)22-6-3-20(4-7-22)27-24(32)19-9-13-29(14-10-19)23(31)8-5-21-16-25-11-12-26-21/h3-4,6-7,11-12,15-16,19H,5,8-10,13-14H2,1-2H3,(H,27,32). The lowest BCUT2D eigenvalue weighted by molar-refractivity contribution is -0.134. The van der Waals surface area contributed by atoms with E-state index >= 15 is 0 Å². The average molecular weight is 433 g/mol. The van der Waals surface area contributed by atoms with Gasteiger partial charge in [0.25, 0.3) is 0 Å². The van der Waals surface area contributed by atoms with E-state index in [9.17, 15) is 9.59 Å². The molecule has 3 heterocycles. The Labute approximate surface area is 187 Å². The Hall–Kier alpha value is -3.55. The van der Waals surface area contributed by atoms with E-state index in [1.54, 1.807) is 18.6 Å². The Morgan fingerprint density at radius 1 is 1.09 bits per heavy atom. The molecule has 8 heteroatoms. The number of amides is 2. The van der Waals surface area contributed by atoms with Crippen molar-refractivity contribution in [2.75, 3.05) is 18.4 Å². The van der Waals surface area contributed by atoms with Crippen LogP contribution in [0.15, 0.2) is 48.9 Å². The lowest BCUT2D eigenvalue weighted by atomic mass is 9.95. The van der Waals surface area contributed by atoms with Crippen molar-refractivity contribution in [1.29, 1.82) is 0 Å². The maximum atomic E-state index is 12.7. The van der Waals surface area contributed by atoms with E-state index in [0.717, 1.165) is 28.5 Å². The van der Waals surface area contributed by atoms with Gasteiger partial charge in [0.15, 0.2) is 0 Å². The Kier molecular flexibility index (Phi) is 6.58. The first-order valence-corrected chi connectivity index (χ1v) is 11.0. The van der Waals surface area contributed by atoms with Crippen LogP contribution in [0.3, 0.4) is 0 Å². The highest BCUT2D eigenvalue weighted by atomic mass is 16.2. The summed E-state index contributed by atoms with van der Waals surface area (Å²) >= 11 is 0. The van der Waals surface area contributed by atoms with Crippen molar-refractivity contribution in [3.05, 3.63) is 66.0 Å². The summed E-state index contributed by atoms with van der Waals surface area (Å²) in [5.41, 5.74) is 4.58. The van der Waals surface area contributed by atoms with Gasteiger partial charge in [-0.15, -0.1) is 0 Å². The third-order valence-corrected chi connectivity index (χ3v) is 5.82. The number of nitrogens with one attached hydrogen (secondary N) is 1. The van der Waals surface area contributed by atoms with Gasteiger partial charge >= 0.3 is 0 Å². The molecule has 4 rings (SSSR count). The molecule has 8 nitrogen and oxygen atoms in total. The van der Waals surface area contributed by atoms with Gasteiger partial charge in [0, 0.05) is 55.4 Å². The minimum Gasteiger partial charge on any atom is -0.343 e. The summed E-state index contributed by atoms with van der Waals surface area (Å²) in [5.74, 6) is 0.0273. The summed E-state index contributed by atoms with van der Waals surface area (Å²) in [6, 6.07) is 9.73. The van der Waals surface area contributed by atoms with E-state index in [-0.39, 0.29) is 17.7 Å². The van der Waals surface area contributed by atoms with Crippen molar-refractivity contribution in [2.24, 2.45) is 5.92 Å². The van der Waals surface area contributed by atoms with Gasteiger partial charge in [0.1, 0.15) is 0 Å². The van der Waals surface area contributed by atoms with E-state index in [1.807, 2.05) is 53.8 Å². The second-order valence-corrected chi connectivity index (χ2v) is 8.23. The number of benzene rings is 1. The smallest absolute Gasteiger partial charge is 0.227 e. The van der Waals surface area contributed by atoms with Crippen molar-refractivity contribution in [2.45, 2.75) is 39.5 Å². The highest BCUT2D eigenvalue weighted by molar-refractivity contribution is 5.92. The van der Waals surface area contributed by atoms with Gasteiger partial charge in [-0.2, -0.15) is 5.10 Å². The molecule has 0 aliphatic carbocycles. The molecule has 0 spiro atoms. The van der Waals surface area contributed by atoms with Gasteiger partial charge in [-0.05, 0) is 63.4 Å². The summed E-state index contributed by atoms with van der Waals surface area (Å²) in [4.78, 5) is 35.3. The minimum absolute atomic E-state index is 0.00974. The first kappa shape index (κ1) is 21.7. The second-order valence-electron chi connectivity index (χ2n) is 8.23. The van der Waals surface area contributed by atoms with Gasteiger partial charge in [0.2, 0.25) is 11.8 Å². The van der Waals surface area contributed by atoms with Crippen molar-refractivity contribution in [3.8, 4) is 5.69 Å². The largest absolute Gasteiger partial charge is 0.343 e. The molecular weight excluding hydrogens is 404 g/mol. The predicted molar refractivity (Wildman–Crippen MR) is 121 cm³/mol. The summed E-state index contributed by atoms with van der Waals surface area (Å²) in [6.45, 7) is 5.19. The van der Waals surface area contributed by atoms with Crippen molar-refractivity contribution in [1.82, 2.24) is 24.6 Å². The van der Waals surface area contributed by atoms with Crippen LogP contribution in [-0.2, 0) is 16.0 Å². The Balaban J connectivity index is 1.25. The maximum absolute atomic E-state index is 12.7. The topological polar surface area (TPSA) is 93.0 Å². The molecule has 3 aromatic rings. The monoisotopic (exact) mass is 432 g/mol. The molecule has 32 heavy (non-hydrogen) atoms. The van der Waals surface area contributed by atoms with Crippen LogP contribution < -0.4 is 5.32 Å². The molecule has 0 atom stereocenters. The van der Waals surface area contributed by atoms with Crippen LogP contribution >= 0.6 is 0 Å².